The Hall–Kier alpha value is 0.310. The molecule has 1 aliphatic heterocycles. The minimum Gasteiger partial charge on any atom is -0.298 e. The van der Waals surface area contributed by atoms with Gasteiger partial charge < -0.3 is 0 Å². The van der Waals surface area contributed by atoms with E-state index >= 15 is 0 Å². The molecule has 15 heavy (non-hydrogen) atoms. The maximum absolute atomic E-state index is 2.77. The van der Waals surface area contributed by atoms with Crippen molar-refractivity contribution < 1.29 is 0 Å². The summed E-state index contributed by atoms with van der Waals surface area (Å²) in [7, 11) is 2.41. The lowest BCUT2D eigenvalue weighted by Crippen LogP contribution is -2.56. The molecule has 86 valence electrons. The molecule has 4 atom stereocenters. The summed E-state index contributed by atoms with van der Waals surface area (Å²) in [5.74, 6) is 0. The van der Waals surface area contributed by atoms with Crippen LogP contribution in [0.5, 0.6) is 0 Å². The zero-order valence-electron chi connectivity index (χ0n) is 9.82. The van der Waals surface area contributed by atoms with Gasteiger partial charge in [0.1, 0.15) is 0 Å². The van der Waals surface area contributed by atoms with Gasteiger partial charge in [-0.1, -0.05) is 25.7 Å². The molecule has 0 aromatic heterocycles. The van der Waals surface area contributed by atoms with Gasteiger partial charge in [0.15, 0.2) is 0 Å². The van der Waals surface area contributed by atoms with Crippen molar-refractivity contribution in [3.05, 3.63) is 0 Å². The molecular weight excluding hydrogens is 202 g/mol. The highest BCUT2D eigenvalue weighted by Crippen LogP contribution is 2.45. The van der Waals surface area contributed by atoms with E-state index in [9.17, 15) is 0 Å². The number of fused-ring (bicyclic) bond motifs is 2. The molecule has 2 aliphatic carbocycles. The monoisotopic (exact) mass is 225 g/mol. The third-order valence-corrected chi connectivity index (χ3v) is 6.53. The van der Waals surface area contributed by atoms with Crippen molar-refractivity contribution in [1.29, 1.82) is 0 Å². The fourth-order valence-electron chi connectivity index (χ4n) is 3.87. The number of hydrogen-bond acceptors (Lipinski definition) is 2. The SMILES string of the molecule is CN1[C@@H]2CCCC[C@@H]2S[C@@H]2CCCC[C@@H]21. The Labute approximate surface area is 98.0 Å². The van der Waals surface area contributed by atoms with Crippen LogP contribution in [0.25, 0.3) is 0 Å². The third kappa shape index (κ3) is 1.84. The van der Waals surface area contributed by atoms with Crippen molar-refractivity contribution >= 4 is 11.8 Å². The molecule has 3 aliphatic rings. The summed E-state index contributed by atoms with van der Waals surface area (Å²) in [5.41, 5.74) is 0. The van der Waals surface area contributed by atoms with Crippen molar-refractivity contribution in [2.75, 3.05) is 7.05 Å². The quantitative estimate of drug-likeness (QED) is 0.622. The Kier molecular flexibility index (Phi) is 2.99. The molecule has 0 aromatic carbocycles. The number of nitrogens with zero attached hydrogens (tertiary/aromatic N) is 1. The molecule has 1 nitrogen and oxygen atoms in total. The second-order valence-corrected chi connectivity index (χ2v) is 7.07. The van der Waals surface area contributed by atoms with Crippen molar-refractivity contribution in [3.8, 4) is 0 Å². The van der Waals surface area contributed by atoms with E-state index in [1.807, 2.05) is 0 Å². The van der Waals surface area contributed by atoms with E-state index in [4.69, 9.17) is 0 Å². The smallest absolute Gasteiger partial charge is 0.0215 e. The van der Waals surface area contributed by atoms with Crippen molar-refractivity contribution in [1.82, 2.24) is 4.90 Å². The van der Waals surface area contributed by atoms with Gasteiger partial charge in [-0.25, -0.2) is 0 Å². The summed E-state index contributed by atoms with van der Waals surface area (Å²) in [6.45, 7) is 0. The van der Waals surface area contributed by atoms with Crippen LogP contribution in [0.15, 0.2) is 0 Å². The standard InChI is InChI=1S/C13H23NS/c1-14-10-6-2-4-8-12(10)15-13-9-5-3-7-11(13)14/h10-13H,2-9H2,1H3/t10-,11+,12+,13-. The van der Waals surface area contributed by atoms with Crippen LogP contribution in [0.4, 0.5) is 0 Å². The van der Waals surface area contributed by atoms with Crippen LogP contribution in [0.2, 0.25) is 0 Å². The molecule has 3 rings (SSSR count). The minimum absolute atomic E-state index is 0.920. The first-order chi connectivity index (χ1) is 7.36. The summed E-state index contributed by atoms with van der Waals surface area (Å²) in [6.07, 6.45) is 11.8. The van der Waals surface area contributed by atoms with E-state index in [2.05, 4.69) is 23.7 Å². The summed E-state index contributed by atoms with van der Waals surface area (Å²) < 4.78 is 0. The summed E-state index contributed by atoms with van der Waals surface area (Å²) >= 11 is 2.36. The van der Waals surface area contributed by atoms with Crippen LogP contribution in [0.3, 0.4) is 0 Å². The predicted octanol–water partition coefficient (Wildman–Crippen LogP) is 3.29. The van der Waals surface area contributed by atoms with Gasteiger partial charge in [-0.2, -0.15) is 11.8 Å². The van der Waals surface area contributed by atoms with E-state index in [1.165, 1.54) is 51.4 Å². The van der Waals surface area contributed by atoms with Gasteiger partial charge in [-0.05, 0) is 32.7 Å². The van der Waals surface area contributed by atoms with Crippen LogP contribution in [0, 0.1) is 0 Å². The largest absolute Gasteiger partial charge is 0.298 e. The van der Waals surface area contributed by atoms with E-state index in [-0.39, 0.29) is 0 Å². The highest BCUT2D eigenvalue weighted by Gasteiger charge is 2.42. The molecule has 2 saturated carbocycles. The molecule has 0 spiro atoms. The maximum atomic E-state index is 2.77. The maximum Gasteiger partial charge on any atom is 0.0215 e. The summed E-state index contributed by atoms with van der Waals surface area (Å²) in [5, 5.41) is 1.95. The van der Waals surface area contributed by atoms with E-state index in [0.29, 0.717) is 0 Å². The Bertz CT molecular complexity index is 209. The van der Waals surface area contributed by atoms with Gasteiger partial charge in [0.05, 0.1) is 0 Å². The lowest BCUT2D eigenvalue weighted by Gasteiger charge is -2.51. The molecule has 0 aromatic rings. The third-order valence-electron chi connectivity index (χ3n) is 4.73. The van der Waals surface area contributed by atoms with Crippen LogP contribution in [-0.4, -0.2) is 34.5 Å². The first kappa shape index (κ1) is 10.5. The fourth-order valence-corrected chi connectivity index (χ4v) is 5.95. The molecule has 1 saturated heterocycles. The van der Waals surface area contributed by atoms with E-state index in [0.717, 1.165) is 22.6 Å². The first-order valence-electron chi connectivity index (χ1n) is 6.73. The number of hydrogen-bond donors (Lipinski definition) is 0. The Morgan fingerprint density at radius 1 is 0.800 bits per heavy atom. The van der Waals surface area contributed by atoms with Gasteiger partial charge in [-0.15, -0.1) is 0 Å². The van der Waals surface area contributed by atoms with Gasteiger partial charge in [-0.3, -0.25) is 4.90 Å². The Morgan fingerprint density at radius 3 is 1.80 bits per heavy atom. The zero-order chi connectivity index (χ0) is 10.3. The molecule has 0 amide bonds. The zero-order valence-corrected chi connectivity index (χ0v) is 10.6. The van der Waals surface area contributed by atoms with E-state index < -0.39 is 0 Å². The topological polar surface area (TPSA) is 3.24 Å². The first-order valence-corrected chi connectivity index (χ1v) is 7.68. The summed E-state index contributed by atoms with van der Waals surface area (Å²) in [6, 6.07) is 1.84. The van der Waals surface area contributed by atoms with Crippen LogP contribution >= 0.6 is 11.8 Å². The highest BCUT2D eigenvalue weighted by molar-refractivity contribution is 8.00. The number of thioether (sulfide) groups is 1. The molecule has 1 heterocycles. The van der Waals surface area contributed by atoms with Gasteiger partial charge >= 0.3 is 0 Å². The molecule has 3 fully saturated rings. The van der Waals surface area contributed by atoms with Gasteiger partial charge in [0.2, 0.25) is 0 Å². The average molecular weight is 225 g/mol. The average Bonchev–Trinajstić information content (AvgIpc) is 2.30. The van der Waals surface area contributed by atoms with Gasteiger partial charge in [0.25, 0.3) is 0 Å². The molecule has 0 bridgehead atoms. The summed E-state index contributed by atoms with van der Waals surface area (Å²) in [4.78, 5) is 2.77. The van der Waals surface area contributed by atoms with Crippen LogP contribution in [-0.2, 0) is 0 Å². The predicted molar refractivity (Wildman–Crippen MR) is 67.4 cm³/mol. The molecule has 0 unspecified atom stereocenters. The van der Waals surface area contributed by atoms with Crippen molar-refractivity contribution in [2.24, 2.45) is 0 Å². The lowest BCUT2D eigenvalue weighted by molar-refractivity contribution is 0.107. The fraction of sp³-hybridized carbons (Fsp3) is 1.00. The van der Waals surface area contributed by atoms with Crippen molar-refractivity contribution in [2.45, 2.75) is 74.0 Å². The van der Waals surface area contributed by atoms with Gasteiger partial charge in [0, 0.05) is 22.6 Å². The van der Waals surface area contributed by atoms with Crippen molar-refractivity contribution in [3.63, 3.8) is 0 Å². The van der Waals surface area contributed by atoms with Crippen LogP contribution in [0.1, 0.15) is 51.4 Å². The van der Waals surface area contributed by atoms with E-state index in [1.54, 1.807) is 0 Å². The molecule has 0 radical (unpaired) electrons. The second kappa shape index (κ2) is 4.29. The minimum atomic E-state index is 0.920. The Morgan fingerprint density at radius 2 is 1.27 bits per heavy atom. The molecule has 2 heteroatoms. The van der Waals surface area contributed by atoms with Crippen LogP contribution < -0.4 is 0 Å². The normalized spacial score (nSPS) is 47.0. The number of rotatable bonds is 0. The Balaban J connectivity index is 1.76. The second-order valence-electron chi connectivity index (χ2n) is 5.58. The molecule has 0 N–H and O–H groups in total. The highest BCUT2D eigenvalue weighted by atomic mass is 32.2. The lowest BCUT2D eigenvalue weighted by atomic mass is 9.88. The molecular formula is C13H23NS.